The lowest BCUT2D eigenvalue weighted by atomic mass is 9.64. The maximum Gasteiger partial charge on any atom is 0.302 e. The van der Waals surface area contributed by atoms with Gasteiger partial charge in [-0.05, 0) is 18.8 Å². The molecule has 0 aliphatic heterocycles. The molecule has 0 heterocycles. The van der Waals surface area contributed by atoms with Crippen molar-refractivity contribution in [3.63, 3.8) is 0 Å². The largest absolute Gasteiger partial charge is 0.466 e. The summed E-state index contributed by atoms with van der Waals surface area (Å²) in [6.07, 6.45) is 4.32. The number of hydrogen-bond acceptors (Lipinski definition) is 3. The monoisotopic (exact) mass is 213 g/mol. The van der Waals surface area contributed by atoms with Gasteiger partial charge in [-0.3, -0.25) is 4.79 Å². The van der Waals surface area contributed by atoms with E-state index in [4.69, 9.17) is 4.74 Å². The SMILES string of the molecule is CC(=O)OC[C@@H]1C(C)CC[CH][C@@]1(C)CO. The van der Waals surface area contributed by atoms with Crippen LogP contribution in [-0.2, 0) is 9.53 Å². The van der Waals surface area contributed by atoms with E-state index in [9.17, 15) is 9.90 Å². The van der Waals surface area contributed by atoms with Crippen LogP contribution in [0, 0.1) is 23.7 Å². The van der Waals surface area contributed by atoms with Crippen LogP contribution >= 0.6 is 0 Å². The summed E-state index contributed by atoms with van der Waals surface area (Å²) in [6, 6.07) is 0. The first-order valence-electron chi connectivity index (χ1n) is 5.58. The zero-order valence-electron chi connectivity index (χ0n) is 9.82. The number of esters is 1. The predicted octanol–water partition coefficient (Wildman–Crippen LogP) is 1.80. The Bertz CT molecular complexity index is 227. The van der Waals surface area contributed by atoms with Gasteiger partial charge in [0, 0.05) is 24.9 Å². The quantitative estimate of drug-likeness (QED) is 0.727. The number of ether oxygens (including phenoxy) is 1. The van der Waals surface area contributed by atoms with Crippen LogP contribution in [-0.4, -0.2) is 24.3 Å². The molecule has 1 N–H and O–H groups in total. The number of aliphatic hydroxyl groups is 1. The molecule has 0 spiro atoms. The molecule has 0 amide bonds. The average Bonchev–Trinajstić information content (AvgIpc) is 2.16. The molecule has 87 valence electrons. The van der Waals surface area contributed by atoms with Gasteiger partial charge in [0.25, 0.3) is 0 Å². The minimum absolute atomic E-state index is 0.128. The molecule has 0 aromatic carbocycles. The van der Waals surface area contributed by atoms with Crippen molar-refractivity contribution in [1.82, 2.24) is 0 Å². The van der Waals surface area contributed by atoms with Crippen LogP contribution in [0.5, 0.6) is 0 Å². The Morgan fingerprint density at radius 3 is 2.87 bits per heavy atom. The van der Waals surface area contributed by atoms with Gasteiger partial charge in [-0.25, -0.2) is 0 Å². The molecule has 1 aliphatic carbocycles. The van der Waals surface area contributed by atoms with Crippen LogP contribution in [0.3, 0.4) is 0 Å². The molecule has 15 heavy (non-hydrogen) atoms. The zero-order chi connectivity index (χ0) is 11.5. The maximum atomic E-state index is 10.8. The van der Waals surface area contributed by atoms with E-state index in [1.54, 1.807) is 0 Å². The topological polar surface area (TPSA) is 46.5 Å². The van der Waals surface area contributed by atoms with E-state index in [-0.39, 0.29) is 23.9 Å². The van der Waals surface area contributed by atoms with Crippen molar-refractivity contribution in [3.8, 4) is 0 Å². The van der Waals surface area contributed by atoms with Crippen LogP contribution in [0.4, 0.5) is 0 Å². The van der Waals surface area contributed by atoms with Crippen LogP contribution < -0.4 is 0 Å². The van der Waals surface area contributed by atoms with Gasteiger partial charge in [0.15, 0.2) is 0 Å². The number of rotatable bonds is 3. The third kappa shape index (κ3) is 2.94. The van der Waals surface area contributed by atoms with E-state index in [1.807, 2.05) is 6.92 Å². The molecule has 1 aliphatic rings. The minimum atomic E-state index is -0.243. The first-order valence-corrected chi connectivity index (χ1v) is 5.58. The molecule has 3 heteroatoms. The highest BCUT2D eigenvalue weighted by atomic mass is 16.5. The summed E-state index contributed by atoms with van der Waals surface area (Å²) < 4.78 is 5.08. The smallest absolute Gasteiger partial charge is 0.302 e. The number of hydrogen-bond donors (Lipinski definition) is 1. The van der Waals surface area contributed by atoms with Gasteiger partial charge in [-0.1, -0.05) is 20.3 Å². The summed E-state index contributed by atoms with van der Waals surface area (Å²) in [4.78, 5) is 10.8. The highest BCUT2D eigenvalue weighted by Crippen LogP contribution is 2.43. The number of aliphatic hydroxyl groups excluding tert-OH is 1. The second-order valence-corrected chi connectivity index (χ2v) is 4.83. The van der Waals surface area contributed by atoms with Crippen LogP contribution in [0.15, 0.2) is 0 Å². The van der Waals surface area contributed by atoms with E-state index in [0.29, 0.717) is 12.5 Å². The van der Waals surface area contributed by atoms with Crippen LogP contribution in [0.1, 0.15) is 33.6 Å². The van der Waals surface area contributed by atoms with Crippen molar-refractivity contribution in [1.29, 1.82) is 0 Å². The highest BCUT2D eigenvalue weighted by Gasteiger charge is 2.40. The van der Waals surface area contributed by atoms with Gasteiger partial charge in [0.1, 0.15) is 0 Å². The summed E-state index contributed by atoms with van der Waals surface area (Å²) in [5.41, 5.74) is -0.201. The first-order chi connectivity index (χ1) is 6.99. The lowest BCUT2D eigenvalue weighted by Crippen LogP contribution is -2.42. The lowest BCUT2D eigenvalue weighted by molar-refractivity contribution is -0.145. The summed E-state index contributed by atoms with van der Waals surface area (Å²) >= 11 is 0. The second-order valence-electron chi connectivity index (χ2n) is 4.83. The van der Waals surface area contributed by atoms with E-state index in [2.05, 4.69) is 13.3 Å². The Kier molecular flexibility index (Phi) is 4.14. The Morgan fingerprint density at radius 1 is 1.67 bits per heavy atom. The Morgan fingerprint density at radius 2 is 2.33 bits per heavy atom. The van der Waals surface area contributed by atoms with Crippen LogP contribution in [0.25, 0.3) is 0 Å². The molecule has 1 radical (unpaired) electrons. The third-order valence-corrected chi connectivity index (χ3v) is 3.57. The van der Waals surface area contributed by atoms with Crippen molar-refractivity contribution in [2.75, 3.05) is 13.2 Å². The van der Waals surface area contributed by atoms with E-state index in [0.717, 1.165) is 12.8 Å². The zero-order valence-corrected chi connectivity index (χ0v) is 9.82. The fourth-order valence-electron chi connectivity index (χ4n) is 2.42. The van der Waals surface area contributed by atoms with E-state index >= 15 is 0 Å². The standard InChI is InChI=1S/C12H21O3/c1-9-5-4-6-12(3,8-13)11(9)7-15-10(2)14/h6,9,11,13H,4-5,7-8H2,1-3H3/t9?,11-,12+/m1/s1. The first kappa shape index (κ1) is 12.5. The number of carbonyl (C=O) groups excluding carboxylic acids is 1. The fourth-order valence-corrected chi connectivity index (χ4v) is 2.42. The highest BCUT2D eigenvalue weighted by molar-refractivity contribution is 5.65. The molecule has 3 nitrogen and oxygen atoms in total. The van der Waals surface area contributed by atoms with Crippen molar-refractivity contribution in [2.24, 2.45) is 17.3 Å². The van der Waals surface area contributed by atoms with Gasteiger partial charge in [0.05, 0.1) is 6.61 Å². The molecule has 0 aromatic rings. The van der Waals surface area contributed by atoms with Crippen LogP contribution in [0.2, 0.25) is 0 Å². The Labute approximate surface area is 91.8 Å². The van der Waals surface area contributed by atoms with E-state index in [1.165, 1.54) is 6.92 Å². The predicted molar refractivity (Wildman–Crippen MR) is 58.0 cm³/mol. The molecule has 0 bridgehead atoms. The van der Waals surface area contributed by atoms with Crippen molar-refractivity contribution < 1.29 is 14.6 Å². The lowest BCUT2D eigenvalue weighted by Gasteiger charge is -2.43. The van der Waals surface area contributed by atoms with Gasteiger partial charge < -0.3 is 9.84 Å². The fraction of sp³-hybridized carbons (Fsp3) is 0.833. The maximum absolute atomic E-state index is 10.8. The van der Waals surface area contributed by atoms with Crippen molar-refractivity contribution in [2.45, 2.75) is 33.6 Å². The summed E-state index contributed by atoms with van der Waals surface area (Å²) in [7, 11) is 0. The molecule has 0 aromatic heterocycles. The Hall–Kier alpha value is -0.570. The Balaban J connectivity index is 2.64. The molecular formula is C12H21O3. The number of carbonyl (C=O) groups is 1. The molecule has 1 fully saturated rings. The van der Waals surface area contributed by atoms with Gasteiger partial charge >= 0.3 is 5.97 Å². The molecule has 1 rings (SSSR count). The van der Waals surface area contributed by atoms with E-state index < -0.39 is 0 Å². The summed E-state index contributed by atoms with van der Waals surface area (Å²) in [6.45, 7) is 6.17. The second kappa shape index (κ2) is 4.97. The summed E-state index contributed by atoms with van der Waals surface area (Å²) in [5.74, 6) is 0.486. The normalized spacial score (nSPS) is 36.3. The van der Waals surface area contributed by atoms with Gasteiger partial charge in [-0.2, -0.15) is 0 Å². The molecule has 1 unspecified atom stereocenters. The molecule has 1 saturated carbocycles. The van der Waals surface area contributed by atoms with Crippen molar-refractivity contribution >= 4 is 5.97 Å². The van der Waals surface area contributed by atoms with Crippen molar-refractivity contribution in [3.05, 3.63) is 6.42 Å². The third-order valence-electron chi connectivity index (χ3n) is 3.57. The molecule has 0 saturated heterocycles. The summed E-state index contributed by atoms with van der Waals surface area (Å²) in [5, 5.41) is 9.43. The average molecular weight is 213 g/mol. The van der Waals surface area contributed by atoms with Gasteiger partial charge in [0.2, 0.25) is 0 Å². The molecule has 3 atom stereocenters. The van der Waals surface area contributed by atoms with Gasteiger partial charge in [-0.15, -0.1) is 0 Å². The minimum Gasteiger partial charge on any atom is -0.466 e. The molecular weight excluding hydrogens is 192 g/mol.